The number of unbranched alkanes of at least 4 members (excludes halogenated alkanes) is 1. The normalized spacial score (nSPS) is 16.2. The number of aromatic nitrogens is 1. The minimum absolute atomic E-state index is 0. The minimum atomic E-state index is -0.0584. The second kappa shape index (κ2) is 29.0. The lowest BCUT2D eigenvalue weighted by atomic mass is 10.1. The molecular weight excluding hydrogens is 1180 g/mol. The monoisotopic (exact) mass is 1240 g/mol. The molecule has 3 amide bonds. The number of thiazole rings is 1. The first-order chi connectivity index (χ1) is 34.3. The highest BCUT2D eigenvalue weighted by Crippen LogP contribution is 2.35. The average Bonchev–Trinajstić information content (AvgIpc) is 3.97. The topological polar surface area (TPSA) is 112 Å². The van der Waals surface area contributed by atoms with Gasteiger partial charge in [-0.05, 0) is 139 Å². The summed E-state index contributed by atoms with van der Waals surface area (Å²) in [6, 6.07) is 26.5. The van der Waals surface area contributed by atoms with E-state index in [4.69, 9.17) is 41.4 Å². The molecule has 3 aliphatic rings. The standard InChI is InChI=1S/C15H17NOS2.C13H12BrNOS2.C13H13NO2S.C12H10BrNO2S2.CH4/c1-3-4-8-16-14(17)13(19-15(16)18)10-12-7-5-6-11(2)9-12;1-3-15-12(16)11(18-13(15)17)7-9-6-10(14)5-4-8(9)2;1-3-14-9(2)17-12(13(14)16)8-10-4-6-11(15)7-5-10;1-14-11(15)10(18-12(14)17)6-7-3-4-9(16-2)8(13)5-7;/h5-7,9-10H,3-4,8H2,1-2H3;4-7H,3H2,1-2H3;4-8,15H,2-3H2,1H3;3-6H,1-2H3;1H4/b13-10+;11-7+;12-8+;10-6-;. The molecule has 0 radical (unpaired) electrons. The van der Waals surface area contributed by atoms with Gasteiger partial charge in [-0.15, -0.1) is 11.3 Å². The number of hydrogen-bond acceptors (Lipinski definition) is 13. The van der Waals surface area contributed by atoms with Gasteiger partial charge in [0.25, 0.3) is 23.3 Å². The predicted octanol–water partition coefficient (Wildman–Crippen LogP) is 12.8. The molecular formula is C54H56Br2N4O6S7. The number of thioether (sulfide) groups is 3. The Morgan fingerprint density at radius 1 is 0.699 bits per heavy atom. The molecule has 1 N–H and O–H groups in total. The van der Waals surface area contributed by atoms with Crippen LogP contribution in [0.1, 0.15) is 74.4 Å². The number of halogens is 2. The number of thiocarbonyl (C=S) groups is 3. The van der Waals surface area contributed by atoms with Crippen LogP contribution in [-0.2, 0) is 20.9 Å². The molecule has 0 saturated carbocycles. The third-order valence-electron chi connectivity index (χ3n) is 10.6. The van der Waals surface area contributed by atoms with Gasteiger partial charge in [-0.2, -0.15) is 0 Å². The Kier molecular flexibility index (Phi) is 24.3. The summed E-state index contributed by atoms with van der Waals surface area (Å²) in [5, 5.41) is 9.18. The second-order valence-electron chi connectivity index (χ2n) is 15.8. The number of carbonyl (C=O) groups excluding carboxylic acids is 3. The maximum atomic E-state index is 12.3. The van der Waals surface area contributed by atoms with Gasteiger partial charge in [0.2, 0.25) is 0 Å². The van der Waals surface area contributed by atoms with Crippen LogP contribution in [0.5, 0.6) is 11.5 Å². The number of phenolic OH excluding ortho intramolecular Hbond substituents is 1. The van der Waals surface area contributed by atoms with E-state index in [0.29, 0.717) is 40.4 Å². The average molecular weight is 1240 g/mol. The maximum Gasteiger partial charge on any atom is 0.269 e. The van der Waals surface area contributed by atoms with E-state index in [0.717, 1.165) is 71.5 Å². The Hall–Kier alpha value is -4.44. The molecule has 5 aromatic rings. The molecule has 3 saturated heterocycles. The molecule has 19 heteroatoms. The second-order valence-corrected chi connectivity index (χ2v) is 23.7. The molecule has 3 fully saturated rings. The van der Waals surface area contributed by atoms with E-state index < -0.39 is 0 Å². The third-order valence-corrected chi connectivity index (χ3v) is 16.9. The van der Waals surface area contributed by atoms with Crippen molar-refractivity contribution < 1.29 is 24.2 Å². The van der Waals surface area contributed by atoms with Crippen LogP contribution in [-0.4, -0.2) is 82.3 Å². The van der Waals surface area contributed by atoms with Crippen LogP contribution in [0.25, 0.3) is 30.9 Å². The highest BCUT2D eigenvalue weighted by molar-refractivity contribution is 9.10. The summed E-state index contributed by atoms with van der Waals surface area (Å²) < 4.78 is 12.0. The smallest absolute Gasteiger partial charge is 0.269 e. The van der Waals surface area contributed by atoms with Crippen molar-refractivity contribution in [1.82, 2.24) is 19.3 Å². The highest BCUT2D eigenvalue weighted by Gasteiger charge is 2.32. The van der Waals surface area contributed by atoms with Gasteiger partial charge in [-0.3, -0.25) is 38.4 Å². The Morgan fingerprint density at radius 2 is 1.29 bits per heavy atom. The van der Waals surface area contributed by atoms with E-state index in [9.17, 15) is 24.3 Å². The van der Waals surface area contributed by atoms with Crippen LogP contribution in [0, 0.1) is 13.8 Å². The van der Waals surface area contributed by atoms with Crippen molar-refractivity contribution in [3.63, 3.8) is 0 Å². The molecule has 8 rings (SSSR count). The van der Waals surface area contributed by atoms with Crippen molar-refractivity contribution in [3.8, 4) is 11.5 Å². The molecule has 0 aliphatic carbocycles. The van der Waals surface area contributed by atoms with Gasteiger partial charge in [-0.1, -0.05) is 169 Å². The number of benzene rings is 4. The Labute approximate surface area is 477 Å². The summed E-state index contributed by atoms with van der Waals surface area (Å²) in [5.74, 6) is 0.973. The summed E-state index contributed by atoms with van der Waals surface area (Å²) in [4.78, 5) is 55.0. The minimum Gasteiger partial charge on any atom is -0.508 e. The zero-order chi connectivity index (χ0) is 52.8. The van der Waals surface area contributed by atoms with Crippen LogP contribution in [0.2, 0.25) is 0 Å². The van der Waals surface area contributed by atoms with Crippen molar-refractivity contribution >= 4 is 177 Å². The van der Waals surface area contributed by atoms with Gasteiger partial charge >= 0.3 is 0 Å². The van der Waals surface area contributed by atoms with E-state index in [1.807, 2.05) is 107 Å². The number of ether oxygens (including phenoxy) is 1. The first-order valence-corrected chi connectivity index (χ1v) is 28.4. The molecule has 4 heterocycles. The molecule has 384 valence electrons. The lowest BCUT2D eigenvalue weighted by Crippen LogP contribution is -2.30. The summed E-state index contributed by atoms with van der Waals surface area (Å²) in [7, 11) is 3.30. The van der Waals surface area contributed by atoms with Crippen LogP contribution in [0.15, 0.2) is 113 Å². The van der Waals surface area contributed by atoms with Gasteiger partial charge in [-0.25, -0.2) is 0 Å². The van der Waals surface area contributed by atoms with Crippen molar-refractivity contribution in [2.24, 2.45) is 0 Å². The van der Waals surface area contributed by atoms with Gasteiger partial charge in [0.1, 0.15) is 24.5 Å². The lowest BCUT2D eigenvalue weighted by Gasteiger charge is -2.12. The number of aryl methyl sites for hydroxylation is 2. The van der Waals surface area contributed by atoms with Crippen molar-refractivity contribution in [2.45, 2.75) is 61.4 Å². The summed E-state index contributed by atoms with van der Waals surface area (Å²) in [6.07, 6.45) is 9.53. The van der Waals surface area contributed by atoms with E-state index >= 15 is 0 Å². The summed E-state index contributed by atoms with van der Waals surface area (Å²) in [5.41, 5.74) is 6.24. The van der Waals surface area contributed by atoms with Crippen LogP contribution in [0.4, 0.5) is 0 Å². The Bertz CT molecular complexity index is 3170. The third kappa shape index (κ3) is 16.8. The molecule has 4 aromatic carbocycles. The quantitative estimate of drug-likeness (QED) is 0.106. The number of phenols is 1. The molecule has 10 nitrogen and oxygen atoms in total. The largest absolute Gasteiger partial charge is 0.508 e. The number of likely N-dealkylation sites (N-methyl/N-ethyl adjacent to an activating group) is 2. The van der Waals surface area contributed by atoms with E-state index in [-0.39, 0.29) is 36.5 Å². The maximum absolute atomic E-state index is 12.3. The fraction of sp³-hybridized carbons (Fsp3) is 0.241. The lowest BCUT2D eigenvalue weighted by molar-refractivity contribution is -0.122. The van der Waals surface area contributed by atoms with Gasteiger partial charge in [0.05, 0.1) is 35.5 Å². The highest BCUT2D eigenvalue weighted by atomic mass is 79.9. The van der Waals surface area contributed by atoms with Crippen molar-refractivity contribution in [1.29, 1.82) is 0 Å². The Balaban J connectivity index is 0.000000210. The predicted molar refractivity (Wildman–Crippen MR) is 329 cm³/mol. The fourth-order valence-corrected chi connectivity index (χ4v) is 12.4. The number of hydrogen-bond donors (Lipinski definition) is 1. The first-order valence-electron chi connectivity index (χ1n) is 22.4. The number of nitrogens with zero attached hydrogens (tertiary/aromatic N) is 4. The van der Waals surface area contributed by atoms with Crippen LogP contribution < -0.4 is 19.5 Å². The number of carbonyl (C=O) groups is 3. The van der Waals surface area contributed by atoms with Crippen molar-refractivity contribution in [2.75, 3.05) is 27.2 Å². The Morgan fingerprint density at radius 3 is 1.84 bits per heavy atom. The summed E-state index contributed by atoms with van der Waals surface area (Å²) in [6.45, 7) is 15.9. The molecule has 73 heavy (non-hydrogen) atoms. The first kappa shape index (κ1) is 61.1. The molecule has 0 spiro atoms. The number of methoxy groups -OCH3 is 1. The van der Waals surface area contributed by atoms with Gasteiger partial charge in [0, 0.05) is 31.2 Å². The fourth-order valence-electron chi connectivity index (χ4n) is 6.68. The van der Waals surface area contributed by atoms with E-state index in [2.05, 4.69) is 51.4 Å². The summed E-state index contributed by atoms with van der Waals surface area (Å²) >= 11 is 27.9. The van der Waals surface area contributed by atoms with Gasteiger partial charge in [0.15, 0.2) is 0 Å². The molecule has 0 unspecified atom stereocenters. The molecule has 0 bridgehead atoms. The van der Waals surface area contributed by atoms with Crippen LogP contribution in [0.3, 0.4) is 0 Å². The van der Waals surface area contributed by atoms with Crippen molar-refractivity contribution in [3.05, 3.63) is 162 Å². The zero-order valence-electron chi connectivity index (χ0n) is 40.5. The number of amides is 3. The van der Waals surface area contributed by atoms with E-state index in [1.54, 1.807) is 52.8 Å². The van der Waals surface area contributed by atoms with Gasteiger partial charge < -0.3 is 9.84 Å². The number of aromatic hydroxyl groups is 1. The molecule has 1 aromatic heterocycles. The zero-order valence-corrected chi connectivity index (χ0v) is 49.4. The SMILES string of the molecule is C.C=c1s/c(=C/c2ccc(O)cc2)c(=O)n1CC.CCCCN1C(=O)/C(=C\c2cccc(C)c2)SC1=S.CCN1C(=O)/C(=C\c2cc(Br)ccc2C)SC1=S.COc1ccc(/C=C2\SC(=S)N(C)C2=O)cc1Br. The molecule has 3 aliphatic heterocycles. The van der Waals surface area contributed by atoms with E-state index in [1.165, 1.54) is 57.1 Å². The molecule has 0 atom stereocenters. The number of rotatable bonds is 10. The van der Waals surface area contributed by atoms with Crippen LogP contribution >= 0.6 is 115 Å².